The zero-order chi connectivity index (χ0) is 14.5. The predicted molar refractivity (Wildman–Crippen MR) is 81.2 cm³/mol. The fourth-order valence-electron chi connectivity index (χ4n) is 1.86. The molecule has 2 rings (SSSR count). The summed E-state index contributed by atoms with van der Waals surface area (Å²) in [4.78, 5) is 0. The molecule has 0 fully saturated rings. The zero-order valence-electron chi connectivity index (χ0n) is 11.4. The molecule has 0 aromatic heterocycles. The van der Waals surface area contributed by atoms with Gasteiger partial charge >= 0.3 is 0 Å². The van der Waals surface area contributed by atoms with Gasteiger partial charge in [-0.25, -0.2) is 0 Å². The molecule has 0 bridgehead atoms. The second-order valence-electron chi connectivity index (χ2n) is 4.46. The summed E-state index contributed by atoms with van der Waals surface area (Å²) in [6.45, 7) is 2.59. The van der Waals surface area contributed by atoms with Crippen LogP contribution >= 0.6 is 11.6 Å². The van der Waals surface area contributed by atoms with Gasteiger partial charge in [0.05, 0.1) is 12.7 Å². The van der Waals surface area contributed by atoms with Crippen LogP contribution in [0.3, 0.4) is 0 Å². The Morgan fingerprint density at radius 3 is 2.70 bits per heavy atom. The molecular weight excluding hydrogens is 272 g/mol. The molecule has 0 spiro atoms. The number of aryl methyl sites for hydroxylation is 1. The lowest BCUT2D eigenvalue weighted by Crippen LogP contribution is -2.00. The van der Waals surface area contributed by atoms with Crippen molar-refractivity contribution >= 4 is 17.3 Å². The first kappa shape index (κ1) is 14.2. The van der Waals surface area contributed by atoms with Gasteiger partial charge in [0.1, 0.15) is 11.8 Å². The largest absolute Gasteiger partial charge is 0.495 e. The predicted octanol–water partition coefficient (Wildman–Crippen LogP) is 4.14. The molecule has 0 aliphatic rings. The topological polar surface area (TPSA) is 45.0 Å². The second-order valence-corrected chi connectivity index (χ2v) is 4.87. The van der Waals surface area contributed by atoms with Gasteiger partial charge in [0.25, 0.3) is 0 Å². The van der Waals surface area contributed by atoms with E-state index in [1.165, 1.54) is 0 Å². The van der Waals surface area contributed by atoms with Gasteiger partial charge < -0.3 is 10.1 Å². The van der Waals surface area contributed by atoms with E-state index in [0.29, 0.717) is 17.9 Å². The smallest absolute Gasteiger partial charge is 0.136 e. The summed E-state index contributed by atoms with van der Waals surface area (Å²) < 4.78 is 5.12. The summed E-state index contributed by atoms with van der Waals surface area (Å²) in [6.07, 6.45) is 0. The van der Waals surface area contributed by atoms with E-state index in [9.17, 15) is 0 Å². The average Bonchev–Trinajstić information content (AvgIpc) is 2.48. The maximum Gasteiger partial charge on any atom is 0.136 e. The number of hydrogen-bond acceptors (Lipinski definition) is 3. The molecule has 0 aliphatic carbocycles. The number of anilines is 1. The van der Waals surface area contributed by atoms with Crippen LogP contribution in [0.1, 0.15) is 16.7 Å². The molecule has 0 aliphatic heterocycles. The van der Waals surface area contributed by atoms with E-state index in [1.807, 2.05) is 37.3 Å². The summed E-state index contributed by atoms with van der Waals surface area (Å²) in [7, 11) is 1.56. The van der Waals surface area contributed by atoms with Crippen molar-refractivity contribution in [3.63, 3.8) is 0 Å². The molecule has 0 saturated heterocycles. The van der Waals surface area contributed by atoms with E-state index in [-0.39, 0.29) is 0 Å². The third-order valence-electron chi connectivity index (χ3n) is 3.05. The fourth-order valence-corrected chi connectivity index (χ4v) is 2.04. The van der Waals surface area contributed by atoms with Gasteiger partial charge in [0.15, 0.2) is 0 Å². The minimum atomic E-state index is 0.536. The molecule has 2 aromatic carbocycles. The van der Waals surface area contributed by atoms with Crippen molar-refractivity contribution < 1.29 is 4.74 Å². The molecule has 0 saturated carbocycles. The van der Waals surface area contributed by atoms with Gasteiger partial charge in [0, 0.05) is 17.3 Å². The van der Waals surface area contributed by atoms with Crippen LogP contribution in [0.25, 0.3) is 0 Å². The summed E-state index contributed by atoms with van der Waals surface area (Å²) >= 11 is 6.08. The Bertz CT molecular complexity index is 662. The van der Waals surface area contributed by atoms with E-state index in [2.05, 4.69) is 11.4 Å². The Hall–Kier alpha value is -2.18. The van der Waals surface area contributed by atoms with Crippen LogP contribution in [0.15, 0.2) is 36.4 Å². The lowest BCUT2D eigenvalue weighted by Gasteiger charge is -2.09. The van der Waals surface area contributed by atoms with Gasteiger partial charge in [0.2, 0.25) is 0 Å². The van der Waals surface area contributed by atoms with Gasteiger partial charge in [-0.1, -0.05) is 23.7 Å². The molecule has 20 heavy (non-hydrogen) atoms. The van der Waals surface area contributed by atoms with Gasteiger partial charge in [-0.05, 0) is 42.3 Å². The minimum Gasteiger partial charge on any atom is -0.495 e. The van der Waals surface area contributed by atoms with Crippen LogP contribution in [-0.4, -0.2) is 7.11 Å². The van der Waals surface area contributed by atoms with Crippen LogP contribution in [0.2, 0.25) is 5.02 Å². The van der Waals surface area contributed by atoms with Crippen molar-refractivity contribution in [3.05, 3.63) is 58.1 Å². The molecule has 0 unspecified atom stereocenters. The molecule has 0 heterocycles. The first-order valence-corrected chi connectivity index (χ1v) is 6.59. The Morgan fingerprint density at radius 2 is 2.05 bits per heavy atom. The molecule has 4 heteroatoms. The summed E-state index contributed by atoms with van der Waals surface area (Å²) in [5.74, 6) is 0.592. The molecule has 1 N–H and O–H groups in total. The number of rotatable bonds is 4. The fraction of sp³-hybridized carbons (Fsp3) is 0.188. The maximum absolute atomic E-state index is 9.06. The highest BCUT2D eigenvalue weighted by molar-refractivity contribution is 6.31. The van der Waals surface area contributed by atoms with Gasteiger partial charge in [-0.3, -0.25) is 0 Å². The highest BCUT2D eigenvalue weighted by atomic mass is 35.5. The molecule has 3 nitrogen and oxygen atoms in total. The number of methoxy groups -OCH3 is 1. The van der Waals surface area contributed by atoms with Crippen molar-refractivity contribution in [2.75, 3.05) is 12.4 Å². The zero-order valence-corrected chi connectivity index (χ0v) is 12.2. The molecular formula is C16H15ClN2O. The third-order valence-corrected chi connectivity index (χ3v) is 3.46. The SMILES string of the molecule is COc1ccc(CNc2ccc(C)c(Cl)c2)cc1C#N. The van der Waals surface area contributed by atoms with Crippen LogP contribution in [0.4, 0.5) is 5.69 Å². The Morgan fingerprint density at radius 1 is 1.25 bits per heavy atom. The van der Waals surface area contributed by atoms with Crippen molar-refractivity contribution in [2.45, 2.75) is 13.5 Å². The third kappa shape index (κ3) is 3.23. The number of ether oxygens (including phenoxy) is 1. The number of benzene rings is 2. The highest BCUT2D eigenvalue weighted by Crippen LogP contribution is 2.22. The van der Waals surface area contributed by atoms with E-state index < -0.39 is 0 Å². The molecule has 102 valence electrons. The van der Waals surface area contributed by atoms with Crippen LogP contribution in [0, 0.1) is 18.3 Å². The number of nitrogens with one attached hydrogen (secondary N) is 1. The van der Waals surface area contributed by atoms with Crippen molar-refractivity contribution in [2.24, 2.45) is 0 Å². The Labute approximate surface area is 123 Å². The van der Waals surface area contributed by atoms with E-state index in [1.54, 1.807) is 13.2 Å². The van der Waals surface area contributed by atoms with Crippen LogP contribution < -0.4 is 10.1 Å². The summed E-state index contributed by atoms with van der Waals surface area (Å²) in [5.41, 5.74) is 3.55. The van der Waals surface area contributed by atoms with E-state index >= 15 is 0 Å². The lowest BCUT2D eigenvalue weighted by molar-refractivity contribution is 0.413. The summed E-state index contributed by atoms with van der Waals surface area (Å²) in [6, 6.07) is 13.5. The normalized spacial score (nSPS) is 9.90. The molecule has 2 aromatic rings. The van der Waals surface area contributed by atoms with Gasteiger partial charge in [-0.15, -0.1) is 0 Å². The van der Waals surface area contributed by atoms with Gasteiger partial charge in [-0.2, -0.15) is 5.26 Å². The molecule has 0 radical (unpaired) electrons. The standard InChI is InChI=1S/C16H15ClN2O/c1-11-3-5-14(8-15(11)17)19-10-12-4-6-16(20-2)13(7-12)9-18/h3-8,19H,10H2,1-2H3. The second kappa shape index (κ2) is 6.31. The quantitative estimate of drug-likeness (QED) is 0.919. The maximum atomic E-state index is 9.06. The Kier molecular flexibility index (Phi) is 4.49. The lowest BCUT2D eigenvalue weighted by atomic mass is 10.1. The Balaban J connectivity index is 2.11. The summed E-state index contributed by atoms with van der Waals surface area (Å²) in [5, 5.41) is 13.1. The van der Waals surface area contributed by atoms with E-state index in [0.717, 1.165) is 21.8 Å². The molecule has 0 amide bonds. The number of halogens is 1. The first-order valence-electron chi connectivity index (χ1n) is 6.21. The van der Waals surface area contributed by atoms with Crippen LogP contribution in [-0.2, 0) is 6.54 Å². The number of hydrogen-bond donors (Lipinski definition) is 1. The molecule has 0 atom stereocenters. The highest BCUT2D eigenvalue weighted by Gasteiger charge is 2.04. The minimum absolute atomic E-state index is 0.536. The van der Waals surface area contributed by atoms with Crippen molar-refractivity contribution in [1.82, 2.24) is 0 Å². The van der Waals surface area contributed by atoms with Crippen molar-refractivity contribution in [3.8, 4) is 11.8 Å². The van der Waals surface area contributed by atoms with Crippen molar-refractivity contribution in [1.29, 1.82) is 5.26 Å². The first-order chi connectivity index (χ1) is 9.63. The number of nitriles is 1. The monoisotopic (exact) mass is 286 g/mol. The average molecular weight is 287 g/mol. The van der Waals surface area contributed by atoms with E-state index in [4.69, 9.17) is 21.6 Å². The number of nitrogens with zero attached hydrogens (tertiary/aromatic N) is 1. The van der Waals surface area contributed by atoms with Crippen LogP contribution in [0.5, 0.6) is 5.75 Å².